The molecule has 2 aliphatic carbocycles. The molecule has 3 unspecified atom stereocenters. The van der Waals surface area contributed by atoms with Gasteiger partial charge in [-0.25, -0.2) is 0 Å². The van der Waals surface area contributed by atoms with Gasteiger partial charge in [-0.15, -0.1) is 0 Å². The Kier molecular flexibility index (Phi) is 3.50. The molecule has 0 aromatic heterocycles. The predicted molar refractivity (Wildman–Crippen MR) is 73.4 cm³/mol. The molecule has 18 heavy (non-hydrogen) atoms. The van der Waals surface area contributed by atoms with Gasteiger partial charge >= 0.3 is 5.97 Å². The van der Waals surface area contributed by atoms with Crippen molar-refractivity contribution in [3.8, 4) is 0 Å². The molecule has 0 bridgehead atoms. The van der Waals surface area contributed by atoms with E-state index in [1.165, 1.54) is 19.3 Å². The van der Waals surface area contributed by atoms with Crippen molar-refractivity contribution >= 4 is 5.97 Å². The van der Waals surface area contributed by atoms with E-state index in [9.17, 15) is 4.79 Å². The minimum absolute atomic E-state index is 0.0364. The maximum atomic E-state index is 11.0. The van der Waals surface area contributed by atoms with Crippen molar-refractivity contribution in [1.29, 1.82) is 0 Å². The molecule has 0 saturated heterocycles. The van der Waals surface area contributed by atoms with E-state index in [0.29, 0.717) is 11.8 Å². The fourth-order valence-electron chi connectivity index (χ4n) is 4.62. The van der Waals surface area contributed by atoms with Crippen LogP contribution in [0.2, 0.25) is 0 Å². The van der Waals surface area contributed by atoms with E-state index in [4.69, 9.17) is 5.11 Å². The van der Waals surface area contributed by atoms with E-state index < -0.39 is 5.97 Å². The lowest BCUT2D eigenvalue weighted by Gasteiger charge is -2.54. The van der Waals surface area contributed by atoms with Crippen LogP contribution in [0.4, 0.5) is 0 Å². The molecule has 0 aromatic rings. The van der Waals surface area contributed by atoms with Gasteiger partial charge in [0.15, 0.2) is 0 Å². The Balaban J connectivity index is 2.14. The van der Waals surface area contributed by atoms with Crippen LogP contribution in [-0.4, -0.2) is 11.1 Å². The van der Waals surface area contributed by atoms with E-state index in [1.807, 2.05) is 0 Å². The van der Waals surface area contributed by atoms with E-state index in [0.717, 1.165) is 30.6 Å². The zero-order chi connectivity index (χ0) is 13.6. The number of aliphatic carboxylic acids is 1. The number of rotatable bonds is 2. The summed E-state index contributed by atoms with van der Waals surface area (Å²) in [5.74, 6) is 1.70. The minimum Gasteiger partial charge on any atom is -0.481 e. The Morgan fingerprint density at radius 1 is 1.22 bits per heavy atom. The molecule has 0 radical (unpaired) electrons. The first-order valence-electron chi connectivity index (χ1n) is 7.45. The lowest BCUT2D eigenvalue weighted by molar-refractivity contribution is -0.141. The quantitative estimate of drug-likeness (QED) is 0.793. The van der Waals surface area contributed by atoms with Crippen LogP contribution < -0.4 is 0 Å². The molecule has 0 aliphatic heterocycles. The monoisotopic (exact) mass is 252 g/mol. The standard InChI is InChI=1S/C16H28O2/c1-11-5-7-15(2,3)13-6-8-16(4,9-12(11)13)10-14(17)18/h11-13H,5-10H2,1-4H3,(H,17,18)/t11-,12?,13?,16?/m0/s1. The summed E-state index contributed by atoms with van der Waals surface area (Å²) in [7, 11) is 0. The fraction of sp³-hybridized carbons (Fsp3) is 0.938. The van der Waals surface area contributed by atoms with Crippen molar-refractivity contribution in [2.75, 3.05) is 0 Å². The smallest absolute Gasteiger partial charge is 0.303 e. The maximum absolute atomic E-state index is 11.0. The molecular formula is C16H28O2. The average molecular weight is 252 g/mol. The summed E-state index contributed by atoms with van der Waals surface area (Å²) in [5.41, 5.74) is 0.496. The third-order valence-electron chi connectivity index (χ3n) is 5.86. The molecular weight excluding hydrogens is 224 g/mol. The first kappa shape index (κ1) is 13.9. The first-order chi connectivity index (χ1) is 8.23. The van der Waals surface area contributed by atoms with Crippen LogP contribution in [0.5, 0.6) is 0 Å². The Bertz CT molecular complexity index is 334. The summed E-state index contributed by atoms with van der Waals surface area (Å²) < 4.78 is 0. The number of carbonyl (C=O) groups is 1. The van der Waals surface area contributed by atoms with Crippen LogP contribution in [-0.2, 0) is 4.79 Å². The molecule has 2 nitrogen and oxygen atoms in total. The Morgan fingerprint density at radius 3 is 2.50 bits per heavy atom. The van der Waals surface area contributed by atoms with Crippen LogP contribution in [0.3, 0.4) is 0 Å². The molecule has 0 spiro atoms. The summed E-state index contributed by atoms with van der Waals surface area (Å²) in [5, 5.41) is 9.10. The van der Waals surface area contributed by atoms with Gasteiger partial charge in [0.25, 0.3) is 0 Å². The van der Waals surface area contributed by atoms with Crippen LogP contribution in [0.25, 0.3) is 0 Å². The largest absolute Gasteiger partial charge is 0.481 e. The van der Waals surface area contributed by atoms with Gasteiger partial charge in [-0.1, -0.05) is 27.7 Å². The maximum Gasteiger partial charge on any atom is 0.303 e. The van der Waals surface area contributed by atoms with E-state index in [2.05, 4.69) is 27.7 Å². The Morgan fingerprint density at radius 2 is 1.89 bits per heavy atom. The fourth-order valence-corrected chi connectivity index (χ4v) is 4.62. The molecule has 4 atom stereocenters. The molecule has 2 saturated carbocycles. The van der Waals surface area contributed by atoms with Crippen molar-refractivity contribution in [1.82, 2.24) is 0 Å². The second-order valence-corrected chi connectivity index (χ2v) is 7.90. The number of fused-ring (bicyclic) bond motifs is 1. The van der Waals surface area contributed by atoms with Crippen LogP contribution in [0, 0.1) is 28.6 Å². The van der Waals surface area contributed by atoms with Gasteiger partial charge in [-0.2, -0.15) is 0 Å². The lowest BCUT2D eigenvalue weighted by Crippen LogP contribution is -2.45. The van der Waals surface area contributed by atoms with Crippen molar-refractivity contribution in [3.63, 3.8) is 0 Å². The molecule has 2 fully saturated rings. The molecule has 2 heteroatoms. The second kappa shape index (κ2) is 4.54. The molecule has 2 aliphatic rings. The second-order valence-electron chi connectivity index (χ2n) is 7.90. The highest BCUT2D eigenvalue weighted by molar-refractivity contribution is 5.67. The number of carboxylic acid groups (broad SMARTS) is 1. The summed E-state index contributed by atoms with van der Waals surface area (Å²) in [6.07, 6.45) is 6.45. The highest BCUT2D eigenvalue weighted by atomic mass is 16.4. The topological polar surface area (TPSA) is 37.3 Å². The van der Waals surface area contributed by atoms with Gasteiger partial charge in [-0.05, 0) is 60.7 Å². The average Bonchev–Trinajstić information content (AvgIpc) is 2.22. The van der Waals surface area contributed by atoms with E-state index in [1.54, 1.807) is 0 Å². The minimum atomic E-state index is -0.626. The van der Waals surface area contributed by atoms with Crippen LogP contribution in [0.1, 0.15) is 66.2 Å². The summed E-state index contributed by atoms with van der Waals surface area (Å²) in [4.78, 5) is 11.0. The zero-order valence-corrected chi connectivity index (χ0v) is 12.3. The molecule has 1 N–H and O–H groups in total. The van der Waals surface area contributed by atoms with E-state index >= 15 is 0 Å². The highest BCUT2D eigenvalue weighted by Gasteiger charge is 2.48. The molecule has 104 valence electrons. The number of hydrogen-bond donors (Lipinski definition) is 1. The predicted octanol–water partition coefficient (Wildman–Crippen LogP) is 4.34. The first-order valence-corrected chi connectivity index (χ1v) is 7.45. The Labute approximate surface area is 111 Å². The summed E-state index contributed by atoms with van der Waals surface area (Å²) in [6.45, 7) is 9.39. The van der Waals surface area contributed by atoms with Gasteiger partial charge in [0.05, 0.1) is 6.42 Å². The van der Waals surface area contributed by atoms with Gasteiger partial charge in [0.2, 0.25) is 0 Å². The van der Waals surface area contributed by atoms with Crippen molar-refractivity contribution in [3.05, 3.63) is 0 Å². The van der Waals surface area contributed by atoms with Gasteiger partial charge in [-0.3, -0.25) is 4.79 Å². The number of carboxylic acids is 1. The molecule has 0 heterocycles. The third kappa shape index (κ3) is 2.57. The molecule has 0 aromatic carbocycles. The third-order valence-corrected chi connectivity index (χ3v) is 5.86. The van der Waals surface area contributed by atoms with Crippen LogP contribution in [0.15, 0.2) is 0 Å². The highest BCUT2D eigenvalue weighted by Crippen LogP contribution is 2.57. The molecule has 2 rings (SSSR count). The Hall–Kier alpha value is -0.530. The zero-order valence-electron chi connectivity index (χ0n) is 12.3. The SMILES string of the molecule is C[C@H]1CCC(C)(C)C2CCC(C)(CC(=O)O)CC21. The van der Waals surface area contributed by atoms with Crippen molar-refractivity contribution < 1.29 is 9.90 Å². The molecule has 0 amide bonds. The van der Waals surface area contributed by atoms with E-state index in [-0.39, 0.29) is 5.41 Å². The van der Waals surface area contributed by atoms with Gasteiger partial charge in [0, 0.05) is 0 Å². The van der Waals surface area contributed by atoms with Gasteiger partial charge in [0.1, 0.15) is 0 Å². The lowest BCUT2D eigenvalue weighted by atomic mass is 9.51. The van der Waals surface area contributed by atoms with Crippen LogP contribution >= 0.6 is 0 Å². The van der Waals surface area contributed by atoms with Crippen molar-refractivity contribution in [2.24, 2.45) is 28.6 Å². The summed E-state index contributed by atoms with van der Waals surface area (Å²) in [6, 6.07) is 0. The van der Waals surface area contributed by atoms with Crippen molar-refractivity contribution in [2.45, 2.75) is 66.2 Å². The number of hydrogen-bond acceptors (Lipinski definition) is 1. The normalized spacial score (nSPS) is 43.2. The van der Waals surface area contributed by atoms with Gasteiger partial charge < -0.3 is 5.11 Å². The summed E-state index contributed by atoms with van der Waals surface area (Å²) >= 11 is 0.